The number of benzene rings is 1. The highest BCUT2D eigenvalue weighted by atomic mass is 16.5. The van der Waals surface area contributed by atoms with Gasteiger partial charge in [0.2, 0.25) is 0 Å². The number of hydrogen-bond donors (Lipinski definition) is 2. The third-order valence-corrected chi connectivity index (χ3v) is 4.38. The summed E-state index contributed by atoms with van der Waals surface area (Å²) in [6.45, 7) is 8.91. The minimum atomic E-state index is -0.344. The van der Waals surface area contributed by atoms with Crippen molar-refractivity contribution < 1.29 is 14.9 Å². The van der Waals surface area contributed by atoms with Gasteiger partial charge < -0.3 is 14.9 Å². The first kappa shape index (κ1) is 18.8. The molecule has 0 saturated heterocycles. The Kier molecular flexibility index (Phi) is 6.27. The van der Waals surface area contributed by atoms with Gasteiger partial charge in [-0.15, -0.1) is 0 Å². The van der Waals surface area contributed by atoms with Crippen LogP contribution in [0.2, 0.25) is 0 Å². The molecule has 1 aromatic rings. The minimum absolute atomic E-state index is 0.113. The van der Waals surface area contributed by atoms with E-state index in [1.165, 1.54) is 12.8 Å². The second-order valence-electron chi connectivity index (χ2n) is 7.56. The van der Waals surface area contributed by atoms with Crippen molar-refractivity contribution in [3.8, 4) is 11.5 Å². The standard InChI is InChI=1S/C20H31NO3/c1-5-6-7-8-15-9-17(23)19-16(21-12-14(2)13-22)11-20(3,4)24-18(19)10-15/h9-10,14,22-23H,5-8,11-13H2,1-4H3. The van der Waals surface area contributed by atoms with Gasteiger partial charge in [0.1, 0.15) is 17.1 Å². The summed E-state index contributed by atoms with van der Waals surface area (Å²) in [5.41, 5.74) is 2.36. The highest BCUT2D eigenvalue weighted by molar-refractivity contribution is 6.06. The Balaban J connectivity index is 2.33. The van der Waals surface area contributed by atoms with E-state index in [0.29, 0.717) is 13.0 Å². The van der Waals surface area contributed by atoms with E-state index in [9.17, 15) is 10.2 Å². The summed E-state index contributed by atoms with van der Waals surface area (Å²) >= 11 is 0. The first-order valence-corrected chi connectivity index (χ1v) is 9.05. The molecular weight excluding hydrogens is 302 g/mol. The van der Waals surface area contributed by atoms with E-state index in [1.54, 1.807) is 0 Å². The zero-order valence-corrected chi connectivity index (χ0v) is 15.4. The van der Waals surface area contributed by atoms with Crippen molar-refractivity contribution >= 4 is 5.71 Å². The largest absolute Gasteiger partial charge is 0.507 e. The summed E-state index contributed by atoms with van der Waals surface area (Å²) in [5, 5.41) is 19.8. The molecule has 0 aromatic heterocycles. The van der Waals surface area contributed by atoms with Crippen LogP contribution in [0.25, 0.3) is 0 Å². The van der Waals surface area contributed by atoms with Crippen LogP contribution in [0.15, 0.2) is 17.1 Å². The lowest BCUT2D eigenvalue weighted by Crippen LogP contribution is -2.36. The number of unbranched alkanes of at least 4 members (excludes halogenated alkanes) is 2. The van der Waals surface area contributed by atoms with Crippen LogP contribution in [0, 0.1) is 5.92 Å². The van der Waals surface area contributed by atoms with Crippen LogP contribution >= 0.6 is 0 Å². The molecule has 0 saturated carbocycles. The predicted molar refractivity (Wildman–Crippen MR) is 98.3 cm³/mol. The lowest BCUT2D eigenvalue weighted by Gasteiger charge is -2.34. The van der Waals surface area contributed by atoms with Crippen LogP contribution in [0.4, 0.5) is 0 Å². The number of phenolic OH excluding ortho intramolecular Hbond substituents is 1. The SMILES string of the molecule is CCCCCc1cc(O)c2c(c1)OC(C)(C)CC2=NCC(C)CO. The quantitative estimate of drug-likeness (QED) is 0.738. The topological polar surface area (TPSA) is 62.0 Å². The Morgan fingerprint density at radius 2 is 2.04 bits per heavy atom. The van der Waals surface area contributed by atoms with Gasteiger partial charge in [-0.05, 0) is 50.3 Å². The number of aromatic hydroxyl groups is 1. The van der Waals surface area contributed by atoms with Crippen molar-refractivity contribution in [1.29, 1.82) is 0 Å². The molecule has 1 atom stereocenters. The summed E-state index contributed by atoms with van der Waals surface area (Å²) in [6, 6.07) is 3.90. The Morgan fingerprint density at radius 1 is 1.29 bits per heavy atom. The number of nitrogens with zero attached hydrogens (tertiary/aromatic N) is 1. The maximum Gasteiger partial charge on any atom is 0.133 e. The average Bonchev–Trinajstić information content (AvgIpc) is 2.50. The fourth-order valence-corrected chi connectivity index (χ4v) is 3.03. The molecule has 1 aromatic carbocycles. The summed E-state index contributed by atoms with van der Waals surface area (Å²) < 4.78 is 6.12. The van der Waals surface area contributed by atoms with Crippen LogP contribution in [0.5, 0.6) is 11.5 Å². The molecule has 2 rings (SSSR count). The van der Waals surface area contributed by atoms with E-state index in [-0.39, 0.29) is 23.9 Å². The van der Waals surface area contributed by atoms with Gasteiger partial charge in [-0.1, -0.05) is 26.7 Å². The van der Waals surface area contributed by atoms with Gasteiger partial charge in [0.05, 0.1) is 11.3 Å². The van der Waals surface area contributed by atoms with Crippen molar-refractivity contribution in [3.05, 3.63) is 23.3 Å². The number of phenols is 1. The Bertz CT molecular complexity index is 593. The fraction of sp³-hybridized carbons (Fsp3) is 0.650. The summed E-state index contributed by atoms with van der Waals surface area (Å²) in [4.78, 5) is 4.67. The Labute approximate surface area is 145 Å². The number of aliphatic hydroxyl groups excluding tert-OH is 1. The number of ether oxygens (including phenoxy) is 1. The van der Waals surface area contributed by atoms with Crippen molar-refractivity contribution in [2.75, 3.05) is 13.2 Å². The molecule has 134 valence electrons. The van der Waals surface area contributed by atoms with Crippen LogP contribution in [0.1, 0.15) is 64.5 Å². The molecule has 4 heteroatoms. The molecule has 4 nitrogen and oxygen atoms in total. The fourth-order valence-electron chi connectivity index (χ4n) is 3.03. The van der Waals surface area contributed by atoms with Crippen LogP contribution in [-0.4, -0.2) is 34.7 Å². The molecule has 24 heavy (non-hydrogen) atoms. The van der Waals surface area contributed by atoms with Gasteiger partial charge >= 0.3 is 0 Å². The molecule has 0 fully saturated rings. The molecule has 2 N–H and O–H groups in total. The van der Waals surface area contributed by atoms with Crippen molar-refractivity contribution in [2.24, 2.45) is 10.9 Å². The van der Waals surface area contributed by atoms with Gasteiger partial charge in [0.15, 0.2) is 0 Å². The van der Waals surface area contributed by atoms with Gasteiger partial charge in [-0.3, -0.25) is 4.99 Å². The monoisotopic (exact) mass is 333 g/mol. The lowest BCUT2D eigenvalue weighted by atomic mass is 9.90. The maximum atomic E-state index is 10.5. The molecule has 1 heterocycles. The van der Waals surface area contributed by atoms with Gasteiger partial charge in [-0.2, -0.15) is 0 Å². The number of aliphatic imine (C=N–C) groups is 1. The molecule has 0 amide bonds. The molecule has 0 spiro atoms. The molecular formula is C20H31NO3. The van der Waals surface area contributed by atoms with Crippen molar-refractivity contribution in [2.45, 2.75) is 65.4 Å². The van der Waals surface area contributed by atoms with Gasteiger partial charge in [-0.25, -0.2) is 0 Å². The van der Waals surface area contributed by atoms with Crippen molar-refractivity contribution in [3.63, 3.8) is 0 Å². The van der Waals surface area contributed by atoms with Crippen LogP contribution in [0.3, 0.4) is 0 Å². The zero-order valence-electron chi connectivity index (χ0n) is 15.4. The third-order valence-electron chi connectivity index (χ3n) is 4.38. The van der Waals surface area contributed by atoms with E-state index >= 15 is 0 Å². The highest BCUT2D eigenvalue weighted by Crippen LogP contribution is 2.39. The van der Waals surface area contributed by atoms with Gasteiger partial charge in [0.25, 0.3) is 0 Å². The maximum absolute atomic E-state index is 10.5. The number of aryl methyl sites for hydroxylation is 1. The molecule has 0 bridgehead atoms. The number of hydrogen-bond acceptors (Lipinski definition) is 4. The summed E-state index contributed by atoms with van der Waals surface area (Å²) in [7, 11) is 0. The third kappa shape index (κ3) is 4.73. The summed E-state index contributed by atoms with van der Waals surface area (Å²) in [6.07, 6.45) is 5.09. The van der Waals surface area contributed by atoms with E-state index in [0.717, 1.165) is 35.4 Å². The second-order valence-corrected chi connectivity index (χ2v) is 7.56. The van der Waals surface area contributed by atoms with E-state index in [1.807, 2.05) is 26.8 Å². The summed E-state index contributed by atoms with van der Waals surface area (Å²) in [5.74, 6) is 1.10. The number of aliphatic hydroxyl groups is 1. The second kappa shape index (κ2) is 8.02. The molecule has 0 radical (unpaired) electrons. The molecule has 1 aliphatic heterocycles. The highest BCUT2D eigenvalue weighted by Gasteiger charge is 2.33. The van der Waals surface area contributed by atoms with E-state index in [2.05, 4.69) is 18.0 Å². The number of fused-ring (bicyclic) bond motifs is 1. The molecule has 0 aliphatic carbocycles. The molecule has 1 aliphatic rings. The Morgan fingerprint density at radius 3 is 2.71 bits per heavy atom. The predicted octanol–water partition coefficient (Wildman–Crippen LogP) is 4.10. The van der Waals surface area contributed by atoms with E-state index < -0.39 is 0 Å². The van der Waals surface area contributed by atoms with Crippen molar-refractivity contribution in [1.82, 2.24) is 0 Å². The smallest absolute Gasteiger partial charge is 0.133 e. The first-order valence-electron chi connectivity index (χ1n) is 9.05. The number of rotatable bonds is 7. The first-order chi connectivity index (χ1) is 11.4. The Hall–Kier alpha value is -1.55. The van der Waals surface area contributed by atoms with Crippen LogP contribution in [-0.2, 0) is 6.42 Å². The van der Waals surface area contributed by atoms with E-state index in [4.69, 9.17) is 4.74 Å². The normalized spacial score (nSPS) is 19.0. The molecule has 1 unspecified atom stereocenters. The zero-order chi connectivity index (χ0) is 17.7. The van der Waals surface area contributed by atoms with Gasteiger partial charge in [0, 0.05) is 19.6 Å². The average molecular weight is 333 g/mol. The lowest BCUT2D eigenvalue weighted by molar-refractivity contribution is 0.110. The minimum Gasteiger partial charge on any atom is -0.507 e. The van der Waals surface area contributed by atoms with Crippen LogP contribution < -0.4 is 4.74 Å².